The van der Waals surface area contributed by atoms with Crippen molar-refractivity contribution < 1.29 is 22.4 Å². The topological polar surface area (TPSA) is 93.9 Å². The number of nitrogens with zero attached hydrogens (tertiary/aromatic N) is 1. The smallest absolute Gasteiger partial charge is 0.396 e. The summed E-state index contributed by atoms with van der Waals surface area (Å²) in [6.45, 7) is 0. The standard InChI is InChI=1S/C25H17NO6S2/c1-31-17-13-11-16(12-14-17)24(27)26(34(29,30)18-7-3-2-4-8-18)21-15-22-23(32-25(28)33-22)20-10-6-5-9-19(20)21/h2-15H,1H3. The van der Waals surface area contributed by atoms with Crippen molar-refractivity contribution in [2.24, 2.45) is 0 Å². The van der Waals surface area contributed by atoms with Gasteiger partial charge in [-0.15, -0.1) is 0 Å². The fraction of sp³-hybridized carbons (Fsp3) is 0.0400. The van der Waals surface area contributed by atoms with E-state index in [1.54, 1.807) is 54.6 Å². The average molecular weight is 492 g/mol. The van der Waals surface area contributed by atoms with Gasteiger partial charge in [-0.1, -0.05) is 53.8 Å². The van der Waals surface area contributed by atoms with Gasteiger partial charge >= 0.3 is 4.94 Å². The maximum atomic E-state index is 13.9. The van der Waals surface area contributed by atoms with E-state index in [1.807, 2.05) is 0 Å². The summed E-state index contributed by atoms with van der Waals surface area (Å²) in [5, 5.41) is 0.988. The monoisotopic (exact) mass is 491 g/mol. The van der Waals surface area contributed by atoms with E-state index in [2.05, 4.69) is 0 Å². The van der Waals surface area contributed by atoms with Crippen molar-refractivity contribution in [1.82, 2.24) is 0 Å². The largest absolute Gasteiger partial charge is 0.497 e. The molecular weight excluding hydrogens is 474 g/mol. The van der Waals surface area contributed by atoms with E-state index >= 15 is 0 Å². The molecule has 1 heterocycles. The first-order valence-corrected chi connectivity index (χ1v) is 12.4. The second-order valence-electron chi connectivity index (χ2n) is 7.34. The molecule has 5 aromatic rings. The second-order valence-corrected chi connectivity index (χ2v) is 10.1. The number of ether oxygens (including phenoxy) is 1. The quantitative estimate of drug-likeness (QED) is 0.341. The maximum Gasteiger partial charge on any atom is 0.396 e. The zero-order chi connectivity index (χ0) is 23.9. The molecule has 0 radical (unpaired) electrons. The molecule has 5 rings (SSSR count). The van der Waals surface area contributed by atoms with Crippen LogP contribution in [0.2, 0.25) is 0 Å². The van der Waals surface area contributed by atoms with Crippen LogP contribution in [0.25, 0.3) is 21.1 Å². The molecule has 4 aromatic carbocycles. The van der Waals surface area contributed by atoms with E-state index in [0.717, 1.165) is 15.6 Å². The van der Waals surface area contributed by atoms with Crippen LogP contribution >= 0.6 is 11.3 Å². The fourth-order valence-corrected chi connectivity index (χ4v) is 5.91. The third-order valence-corrected chi connectivity index (χ3v) is 7.82. The molecule has 170 valence electrons. The number of hydrogen-bond donors (Lipinski definition) is 0. The molecule has 7 nitrogen and oxygen atoms in total. The molecular formula is C25H17NO6S2. The lowest BCUT2D eigenvalue weighted by molar-refractivity contribution is 0.101. The molecule has 0 aliphatic carbocycles. The van der Waals surface area contributed by atoms with E-state index in [-0.39, 0.29) is 16.1 Å². The van der Waals surface area contributed by atoms with Gasteiger partial charge in [0.1, 0.15) is 5.75 Å². The van der Waals surface area contributed by atoms with Gasteiger partial charge in [-0.3, -0.25) is 4.79 Å². The number of carbonyl (C=O) groups excluding carboxylic acids is 1. The Labute approximate surface area is 198 Å². The van der Waals surface area contributed by atoms with Gasteiger partial charge in [-0.2, -0.15) is 4.31 Å². The Kier molecular flexibility index (Phi) is 5.43. The first kappa shape index (κ1) is 21.9. The summed E-state index contributed by atoms with van der Waals surface area (Å²) in [6, 6.07) is 22.3. The summed E-state index contributed by atoms with van der Waals surface area (Å²) in [7, 11) is -2.82. The Balaban J connectivity index is 1.82. The molecule has 0 aliphatic heterocycles. The summed E-state index contributed by atoms with van der Waals surface area (Å²) in [4.78, 5) is 25.2. The minimum absolute atomic E-state index is 0.0404. The van der Waals surface area contributed by atoms with Gasteiger partial charge < -0.3 is 9.15 Å². The molecule has 0 N–H and O–H groups in total. The number of carbonyl (C=O) groups is 1. The molecule has 0 bridgehead atoms. The second kappa shape index (κ2) is 8.44. The Hall–Kier alpha value is -3.95. The third kappa shape index (κ3) is 3.64. The molecule has 0 saturated carbocycles. The average Bonchev–Trinajstić information content (AvgIpc) is 3.25. The zero-order valence-electron chi connectivity index (χ0n) is 17.8. The van der Waals surface area contributed by atoms with Crippen LogP contribution in [0.4, 0.5) is 5.69 Å². The number of methoxy groups -OCH3 is 1. The summed E-state index contributed by atoms with van der Waals surface area (Å²) in [6.07, 6.45) is 0. The lowest BCUT2D eigenvalue weighted by atomic mass is 10.1. The van der Waals surface area contributed by atoms with Gasteiger partial charge in [0.2, 0.25) is 0 Å². The molecule has 0 aliphatic rings. The number of benzene rings is 4. The normalized spacial score (nSPS) is 11.6. The first-order chi connectivity index (χ1) is 16.4. The number of fused-ring (bicyclic) bond motifs is 3. The van der Waals surface area contributed by atoms with Crippen LogP contribution in [0, 0.1) is 0 Å². The van der Waals surface area contributed by atoms with Crippen LogP contribution in [0.1, 0.15) is 10.4 Å². The molecule has 0 unspecified atom stereocenters. The highest BCUT2D eigenvalue weighted by molar-refractivity contribution is 7.93. The summed E-state index contributed by atoms with van der Waals surface area (Å²) in [5.41, 5.74) is 0.637. The van der Waals surface area contributed by atoms with Gasteiger partial charge in [0.15, 0.2) is 5.58 Å². The number of anilines is 1. The Morgan fingerprint density at radius 3 is 2.24 bits per heavy atom. The highest BCUT2D eigenvalue weighted by atomic mass is 32.2. The van der Waals surface area contributed by atoms with E-state index < -0.39 is 20.9 Å². The molecule has 0 fully saturated rings. The van der Waals surface area contributed by atoms with Crippen molar-refractivity contribution in [1.29, 1.82) is 0 Å². The molecule has 0 saturated heterocycles. The van der Waals surface area contributed by atoms with E-state index in [1.165, 1.54) is 37.4 Å². The minimum atomic E-state index is -4.32. The van der Waals surface area contributed by atoms with E-state index in [0.29, 0.717) is 26.8 Å². The predicted octanol–water partition coefficient (Wildman–Crippen LogP) is 5.05. The highest BCUT2D eigenvalue weighted by Crippen LogP contribution is 2.38. The predicted molar refractivity (Wildman–Crippen MR) is 131 cm³/mol. The maximum absolute atomic E-state index is 13.9. The van der Waals surface area contributed by atoms with Gasteiger partial charge in [-0.25, -0.2) is 13.2 Å². The highest BCUT2D eigenvalue weighted by Gasteiger charge is 2.34. The van der Waals surface area contributed by atoms with Crippen LogP contribution in [-0.2, 0) is 10.0 Å². The zero-order valence-corrected chi connectivity index (χ0v) is 19.4. The van der Waals surface area contributed by atoms with Crippen molar-refractivity contribution >= 4 is 54.0 Å². The van der Waals surface area contributed by atoms with Gasteiger partial charge in [-0.05, 0) is 42.5 Å². The SMILES string of the molecule is COc1ccc(C(=O)N(c2cc3sc(=O)oc3c3ccccc23)S(=O)(=O)c2ccccc2)cc1. The van der Waals surface area contributed by atoms with Crippen molar-refractivity contribution in [3.8, 4) is 5.75 Å². The van der Waals surface area contributed by atoms with Gasteiger partial charge in [0, 0.05) is 16.3 Å². The minimum Gasteiger partial charge on any atom is -0.497 e. The molecule has 34 heavy (non-hydrogen) atoms. The molecule has 9 heteroatoms. The number of amides is 1. The van der Waals surface area contributed by atoms with Gasteiger partial charge in [0.25, 0.3) is 15.9 Å². The molecule has 1 aromatic heterocycles. The number of hydrogen-bond acceptors (Lipinski definition) is 7. The third-order valence-electron chi connectivity index (χ3n) is 5.34. The van der Waals surface area contributed by atoms with Crippen molar-refractivity contribution in [2.45, 2.75) is 4.90 Å². The first-order valence-electron chi connectivity index (χ1n) is 10.1. The Morgan fingerprint density at radius 2 is 1.56 bits per heavy atom. The number of sulfonamides is 1. The van der Waals surface area contributed by atoms with Gasteiger partial charge in [0.05, 0.1) is 22.4 Å². The lowest BCUT2D eigenvalue weighted by Gasteiger charge is -2.24. The Morgan fingerprint density at radius 1 is 0.912 bits per heavy atom. The van der Waals surface area contributed by atoms with Crippen molar-refractivity contribution in [2.75, 3.05) is 11.4 Å². The van der Waals surface area contributed by atoms with Crippen LogP contribution in [0.5, 0.6) is 5.75 Å². The molecule has 0 spiro atoms. The summed E-state index contributed by atoms with van der Waals surface area (Å²) >= 11 is 0.846. The molecule has 1 amide bonds. The molecule has 0 atom stereocenters. The van der Waals surface area contributed by atoms with Crippen LogP contribution < -0.4 is 14.0 Å². The lowest BCUT2D eigenvalue weighted by Crippen LogP contribution is -2.37. The number of rotatable bonds is 5. The van der Waals surface area contributed by atoms with Crippen molar-refractivity contribution in [3.63, 3.8) is 0 Å². The Bertz CT molecular complexity index is 1690. The van der Waals surface area contributed by atoms with Crippen LogP contribution in [0.3, 0.4) is 0 Å². The van der Waals surface area contributed by atoms with Crippen LogP contribution in [0.15, 0.2) is 99.0 Å². The van der Waals surface area contributed by atoms with E-state index in [9.17, 15) is 18.0 Å². The fourth-order valence-electron chi connectivity index (χ4n) is 3.74. The van der Waals surface area contributed by atoms with Crippen molar-refractivity contribution in [3.05, 3.63) is 100 Å². The van der Waals surface area contributed by atoms with Crippen LogP contribution in [-0.4, -0.2) is 21.4 Å². The summed E-state index contributed by atoms with van der Waals surface area (Å²) < 4.78 is 39.4. The van der Waals surface area contributed by atoms with E-state index in [4.69, 9.17) is 9.15 Å². The summed E-state index contributed by atoms with van der Waals surface area (Å²) in [5.74, 6) is -0.212.